The molecule has 0 radical (unpaired) electrons. The molecule has 0 amide bonds. The number of hydrogen-bond donors (Lipinski definition) is 1. The van der Waals surface area contributed by atoms with Crippen LogP contribution in [-0.4, -0.2) is 27.3 Å². The molecule has 0 spiro atoms. The normalized spacial score (nSPS) is 18.3. The summed E-state index contributed by atoms with van der Waals surface area (Å²) in [7, 11) is 0. The smallest absolute Gasteiger partial charge is 0.123 e. The van der Waals surface area contributed by atoms with Crippen molar-refractivity contribution in [2.75, 3.05) is 11.5 Å². The zero-order valence-electron chi connectivity index (χ0n) is 12.4. The molecular weight excluding hydrogens is 285 g/mol. The maximum Gasteiger partial charge on any atom is 0.123 e. The lowest BCUT2D eigenvalue weighted by Gasteiger charge is -2.11. The standard InChI is InChI=1S/C16H20FN3S/c1-11-16(9-18-14-7-8-21-10-14)12(2)20(19-11)15-5-3-13(17)4-6-15/h3-6,14,18H,7-10H2,1-2H3/t14-/m0/s1. The van der Waals surface area contributed by atoms with Gasteiger partial charge in [-0.15, -0.1) is 0 Å². The fourth-order valence-corrected chi connectivity index (χ4v) is 3.89. The maximum atomic E-state index is 13.0. The minimum absolute atomic E-state index is 0.221. The summed E-state index contributed by atoms with van der Waals surface area (Å²) in [6.07, 6.45) is 1.24. The first-order valence-electron chi connectivity index (χ1n) is 7.27. The predicted molar refractivity (Wildman–Crippen MR) is 85.6 cm³/mol. The van der Waals surface area contributed by atoms with Crippen LogP contribution in [0.25, 0.3) is 5.69 Å². The second-order valence-electron chi connectivity index (χ2n) is 5.48. The molecule has 1 atom stereocenters. The Bertz CT molecular complexity index is 615. The van der Waals surface area contributed by atoms with E-state index in [0.29, 0.717) is 6.04 Å². The molecule has 1 fully saturated rings. The van der Waals surface area contributed by atoms with Crippen molar-refractivity contribution in [3.05, 3.63) is 47.0 Å². The number of thioether (sulfide) groups is 1. The van der Waals surface area contributed by atoms with Crippen molar-refractivity contribution in [3.63, 3.8) is 0 Å². The summed E-state index contributed by atoms with van der Waals surface area (Å²) >= 11 is 2.01. The molecule has 2 heterocycles. The van der Waals surface area contributed by atoms with E-state index in [4.69, 9.17) is 0 Å². The molecule has 0 saturated carbocycles. The summed E-state index contributed by atoms with van der Waals surface area (Å²) < 4.78 is 14.9. The largest absolute Gasteiger partial charge is 0.309 e. The monoisotopic (exact) mass is 305 g/mol. The molecule has 21 heavy (non-hydrogen) atoms. The zero-order valence-corrected chi connectivity index (χ0v) is 13.2. The molecule has 0 unspecified atom stereocenters. The van der Waals surface area contributed by atoms with Gasteiger partial charge in [-0.25, -0.2) is 9.07 Å². The van der Waals surface area contributed by atoms with Crippen molar-refractivity contribution in [2.24, 2.45) is 0 Å². The van der Waals surface area contributed by atoms with Crippen LogP contribution >= 0.6 is 11.8 Å². The maximum absolute atomic E-state index is 13.0. The summed E-state index contributed by atoms with van der Waals surface area (Å²) in [4.78, 5) is 0. The third-order valence-corrected chi connectivity index (χ3v) is 5.17. The van der Waals surface area contributed by atoms with E-state index in [0.717, 1.165) is 23.6 Å². The number of nitrogens with one attached hydrogen (secondary N) is 1. The number of hydrogen-bond acceptors (Lipinski definition) is 3. The van der Waals surface area contributed by atoms with Crippen LogP contribution in [0.2, 0.25) is 0 Å². The Morgan fingerprint density at radius 3 is 2.76 bits per heavy atom. The predicted octanol–water partition coefficient (Wildman–Crippen LogP) is 3.22. The molecule has 2 aromatic rings. The van der Waals surface area contributed by atoms with Crippen LogP contribution in [0.3, 0.4) is 0 Å². The van der Waals surface area contributed by atoms with Gasteiger partial charge in [0.1, 0.15) is 5.82 Å². The summed E-state index contributed by atoms with van der Waals surface area (Å²) in [6, 6.07) is 7.08. The number of aryl methyl sites for hydroxylation is 1. The van der Waals surface area contributed by atoms with Crippen LogP contribution < -0.4 is 5.32 Å². The van der Waals surface area contributed by atoms with E-state index in [9.17, 15) is 4.39 Å². The molecule has 1 saturated heterocycles. The first kappa shape index (κ1) is 14.6. The third-order valence-electron chi connectivity index (χ3n) is 4.01. The quantitative estimate of drug-likeness (QED) is 0.940. The van der Waals surface area contributed by atoms with Crippen molar-refractivity contribution in [1.82, 2.24) is 15.1 Å². The molecule has 1 aromatic carbocycles. The van der Waals surface area contributed by atoms with Gasteiger partial charge >= 0.3 is 0 Å². The van der Waals surface area contributed by atoms with Crippen molar-refractivity contribution in [1.29, 1.82) is 0 Å². The van der Waals surface area contributed by atoms with Gasteiger partial charge in [0, 0.05) is 29.6 Å². The Hall–Kier alpha value is -1.33. The van der Waals surface area contributed by atoms with Gasteiger partial charge in [-0.05, 0) is 50.3 Å². The zero-order chi connectivity index (χ0) is 14.8. The Morgan fingerprint density at radius 2 is 2.10 bits per heavy atom. The van der Waals surface area contributed by atoms with Gasteiger partial charge in [0.05, 0.1) is 11.4 Å². The van der Waals surface area contributed by atoms with Crippen molar-refractivity contribution >= 4 is 11.8 Å². The van der Waals surface area contributed by atoms with Crippen LogP contribution in [0.15, 0.2) is 24.3 Å². The molecule has 1 aliphatic rings. The summed E-state index contributed by atoms with van der Waals surface area (Å²) in [5, 5.41) is 8.22. The topological polar surface area (TPSA) is 29.9 Å². The Morgan fingerprint density at radius 1 is 1.33 bits per heavy atom. The average Bonchev–Trinajstić information content (AvgIpc) is 3.07. The van der Waals surface area contributed by atoms with Crippen LogP contribution in [0.4, 0.5) is 4.39 Å². The molecule has 0 bridgehead atoms. The first-order valence-corrected chi connectivity index (χ1v) is 8.43. The van der Waals surface area contributed by atoms with E-state index >= 15 is 0 Å². The van der Waals surface area contributed by atoms with Gasteiger partial charge in [0.15, 0.2) is 0 Å². The highest BCUT2D eigenvalue weighted by Gasteiger charge is 2.17. The molecular formula is C16H20FN3S. The van der Waals surface area contributed by atoms with Gasteiger partial charge in [-0.2, -0.15) is 16.9 Å². The highest BCUT2D eigenvalue weighted by Crippen LogP contribution is 2.21. The van der Waals surface area contributed by atoms with Crippen LogP contribution in [0, 0.1) is 19.7 Å². The summed E-state index contributed by atoms with van der Waals surface area (Å²) in [5.74, 6) is 2.23. The molecule has 112 valence electrons. The molecule has 1 aliphatic heterocycles. The third kappa shape index (κ3) is 3.14. The van der Waals surface area contributed by atoms with Gasteiger partial charge in [-0.1, -0.05) is 0 Å². The molecule has 1 N–H and O–H groups in total. The number of benzene rings is 1. The minimum Gasteiger partial charge on any atom is -0.309 e. The van der Waals surface area contributed by atoms with E-state index in [1.54, 1.807) is 12.1 Å². The number of aromatic nitrogens is 2. The van der Waals surface area contributed by atoms with Crippen molar-refractivity contribution in [2.45, 2.75) is 32.9 Å². The first-order chi connectivity index (χ1) is 10.1. The second-order valence-corrected chi connectivity index (χ2v) is 6.63. The van der Waals surface area contributed by atoms with E-state index in [1.807, 2.05) is 23.4 Å². The average molecular weight is 305 g/mol. The Labute approximate surface area is 128 Å². The number of rotatable bonds is 4. The van der Waals surface area contributed by atoms with Gasteiger partial charge in [-0.3, -0.25) is 0 Å². The minimum atomic E-state index is -0.221. The van der Waals surface area contributed by atoms with Crippen LogP contribution in [-0.2, 0) is 6.54 Å². The summed E-state index contributed by atoms with van der Waals surface area (Å²) in [6.45, 7) is 4.96. The molecule has 3 nitrogen and oxygen atoms in total. The van der Waals surface area contributed by atoms with Crippen LogP contribution in [0.5, 0.6) is 0 Å². The highest BCUT2D eigenvalue weighted by atomic mass is 32.2. The van der Waals surface area contributed by atoms with Crippen molar-refractivity contribution < 1.29 is 4.39 Å². The fraction of sp³-hybridized carbons (Fsp3) is 0.438. The van der Waals surface area contributed by atoms with Crippen molar-refractivity contribution in [3.8, 4) is 5.69 Å². The Balaban J connectivity index is 1.80. The lowest BCUT2D eigenvalue weighted by atomic mass is 10.1. The van der Waals surface area contributed by atoms with Gasteiger partial charge in [0.25, 0.3) is 0 Å². The second kappa shape index (κ2) is 6.20. The highest BCUT2D eigenvalue weighted by molar-refractivity contribution is 7.99. The van der Waals surface area contributed by atoms with E-state index in [1.165, 1.54) is 35.6 Å². The van der Waals surface area contributed by atoms with Gasteiger partial charge in [0.2, 0.25) is 0 Å². The SMILES string of the molecule is Cc1nn(-c2ccc(F)cc2)c(C)c1CN[C@H]1CCSC1. The Kier molecular flexibility index (Phi) is 4.31. The molecule has 1 aromatic heterocycles. The summed E-state index contributed by atoms with van der Waals surface area (Å²) in [5.41, 5.74) is 4.31. The van der Waals surface area contributed by atoms with Gasteiger partial charge < -0.3 is 5.32 Å². The fourth-order valence-electron chi connectivity index (χ4n) is 2.71. The molecule has 5 heteroatoms. The lowest BCUT2D eigenvalue weighted by molar-refractivity contribution is 0.555. The van der Waals surface area contributed by atoms with E-state index < -0.39 is 0 Å². The van der Waals surface area contributed by atoms with E-state index in [-0.39, 0.29) is 5.82 Å². The molecule has 0 aliphatic carbocycles. The number of halogens is 1. The number of nitrogens with zero attached hydrogens (tertiary/aromatic N) is 2. The lowest BCUT2D eigenvalue weighted by Crippen LogP contribution is -2.28. The van der Waals surface area contributed by atoms with E-state index in [2.05, 4.69) is 17.3 Å². The molecule has 3 rings (SSSR count). The van der Waals surface area contributed by atoms with Crippen LogP contribution in [0.1, 0.15) is 23.4 Å².